The van der Waals surface area contributed by atoms with Gasteiger partial charge in [0.1, 0.15) is 0 Å². The van der Waals surface area contributed by atoms with E-state index in [-0.39, 0.29) is 29.4 Å². The Morgan fingerprint density at radius 3 is 2.63 bits per heavy atom. The number of benzene rings is 1. The van der Waals surface area contributed by atoms with Crippen molar-refractivity contribution < 1.29 is 0 Å². The molecule has 6 nitrogen and oxygen atoms in total. The van der Waals surface area contributed by atoms with Gasteiger partial charge >= 0.3 is 0 Å². The molecular formula is C22H28ClIN6. The average Bonchev–Trinajstić information content (AvgIpc) is 3.23. The van der Waals surface area contributed by atoms with Gasteiger partial charge < -0.3 is 10.6 Å². The molecule has 8 heteroatoms. The Kier molecular flexibility index (Phi) is 9.10. The fourth-order valence-corrected chi connectivity index (χ4v) is 3.30. The molecule has 0 aliphatic heterocycles. The molecule has 2 heterocycles. The van der Waals surface area contributed by atoms with Crippen molar-refractivity contribution in [3.63, 3.8) is 0 Å². The van der Waals surface area contributed by atoms with Crippen LogP contribution in [-0.4, -0.2) is 34.3 Å². The molecule has 0 radical (unpaired) electrons. The number of halogens is 2. The standard InChI is InChI=1S/C22H27ClN6.HI/c1-22(2,14-17-6-4-7-19(23)12-17)16-27-21(24-3)26-15-18-8-10-25-20(13-18)29-11-5-9-28-29;/h4-13H,14-16H2,1-3H3,(H2,24,26,27);1H. The number of aromatic nitrogens is 3. The Morgan fingerprint density at radius 1 is 1.10 bits per heavy atom. The fourth-order valence-electron chi connectivity index (χ4n) is 3.09. The molecule has 0 amide bonds. The van der Waals surface area contributed by atoms with Crippen LogP contribution in [0.2, 0.25) is 5.02 Å². The maximum atomic E-state index is 6.11. The Labute approximate surface area is 200 Å². The molecule has 0 aliphatic carbocycles. The molecule has 3 aromatic rings. The Hall–Kier alpha value is -2.13. The van der Waals surface area contributed by atoms with Crippen LogP contribution >= 0.6 is 35.6 Å². The maximum Gasteiger partial charge on any atom is 0.191 e. The topological polar surface area (TPSA) is 67.1 Å². The molecule has 1 aromatic carbocycles. The highest BCUT2D eigenvalue weighted by atomic mass is 127. The van der Waals surface area contributed by atoms with E-state index < -0.39 is 0 Å². The molecule has 30 heavy (non-hydrogen) atoms. The van der Waals surface area contributed by atoms with Crippen molar-refractivity contribution in [1.29, 1.82) is 0 Å². The van der Waals surface area contributed by atoms with Crippen LogP contribution in [0.4, 0.5) is 0 Å². The van der Waals surface area contributed by atoms with E-state index in [4.69, 9.17) is 11.6 Å². The zero-order valence-electron chi connectivity index (χ0n) is 17.5. The van der Waals surface area contributed by atoms with E-state index in [2.05, 4.69) is 45.6 Å². The molecule has 3 rings (SSSR count). The van der Waals surface area contributed by atoms with Crippen molar-refractivity contribution in [1.82, 2.24) is 25.4 Å². The number of guanidine groups is 1. The van der Waals surface area contributed by atoms with Crippen LogP contribution < -0.4 is 10.6 Å². The summed E-state index contributed by atoms with van der Waals surface area (Å²) in [5.74, 6) is 1.56. The highest BCUT2D eigenvalue weighted by Gasteiger charge is 2.19. The van der Waals surface area contributed by atoms with Crippen molar-refractivity contribution in [2.24, 2.45) is 10.4 Å². The van der Waals surface area contributed by atoms with Crippen LogP contribution in [0, 0.1) is 5.41 Å². The van der Waals surface area contributed by atoms with Gasteiger partial charge in [0.2, 0.25) is 0 Å². The van der Waals surface area contributed by atoms with Gasteiger partial charge in [0, 0.05) is 43.8 Å². The van der Waals surface area contributed by atoms with E-state index in [1.165, 1.54) is 5.56 Å². The Morgan fingerprint density at radius 2 is 1.93 bits per heavy atom. The summed E-state index contributed by atoms with van der Waals surface area (Å²) in [6.45, 7) is 5.89. The molecule has 2 N–H and O–H groups in total. The molecule has 0 spiro atoms. The molecule has 0 fully saturated rings. The first-order valence-electron chi connectivity index (χ1n) is 9.59. The van der Waals surface area contributed by atoms with E-state index >= 15 is 0 Å². The molecule has 0 unspecified atom stereocenters. The Balaban J connectivity index is 0.00000320. The summed E-state index contributed by atoms with van der Waals surface area (Å²) in [7, 11) is 1.78. The van der Waals surface area contributed by atoms with Gasteiger partial charge in [-0.2, -0.15) is 5.10 Å². The van der Waals surface area contributed by atoms with Gasteiger partial charge in [0.15, 0.2) is 11.8 Å². The lowest BCUT2D eigenvalue weighted by molar-refractivity contribution is 0.359. The molecule has 2 aromatic heterocycles. The number of nitrogens with one attached hydrogen (secondary N) is 2. The summed E-state index contributed by atoms with van der Waals surface area (Å²) in [6.07, 6.45) is 6.33. The van der Waals surface area contributed by atoms with Gasteiger partial charge in [-0.1, -0.05) is 37.6 Å². The first-order valence-corrected chi connectivity index (χ1v) is 9.97. The lowest BCUT2D eigenvalue weighted by atomic mass is 9.86. The van der Waals surface area contributed by atoms with Crippen LogP contribution in [0.15, 0.2) is 66.0 Å². The Bertz CT molecular complexity index is 956. The van der Waals surface area contributed by atoms with Crippen molar-refractivity contribution in [2.75, 3.05) is 13.6 Å². The monoisotopic (exact) mass is 538 g/mol. The van der Waals surface area contributed by atoms with E-state index in [0.29, 0.717) is 6.54 Å². The number of pyridine rings is 1. The summed E-state index contributed by atoms with van der Waals surface area (Å²) in [5, 5.41) is 11.8. The van der Waals surface area contributed by atoms with Gasteiger partial charge in [-0.25, -0.2) is 9.67 Å². The van der Waals surface area contributed by atoms with Crippen LogP contribution in [0.5, 0.6) is 0 Å². The van der Waals surface area contributed by atoms with Crippen molar-refractivity contribution in [3.8, 4) is 5.82 Å². The lowest BCUT2D eigenvalue weighted by Gasteiger charge is -2.26. The highest BCUT2D eigenvalue weighted by molar-refractivity contribution is 14.0. The van der Waals surface area contributed by atoms with Gasteiger partial charge in [0.25, 0.3) is 0 Å². The molecule has 0 saturated carbocycles. The fraction of sp³-hybridized carbons (Fsp3) is 0.318. The lowest BCUT2D eigenvalue weighted by Crippen LogP contribution is -2.42. The minimum atomic E-state index is 0. The van der Waals surface area contributed by atoms with Gasteiger partial charge in [-0.05, 0) is 53.3 Å². The SMILES string of the molecule is CN=C(NCc1ccnc(-n2cccn2)c1)NCC(C)(C)Cc1cccc(Cl)c1.I. The molecule has 0 aliphatic rings. The maximum absolute atomic E-state index is 6.11. The summed E-state index contributed by atoms with van der Waals surface area (Å²) in [5.41, 5.74) is 2.38. The van der Waals surface area contributed by atoms with Crippen molar-refractivity contribution in [2.45, 2.75) is 26.8 Å². The summed E-state index contributed by atoms with van der Waals surface area (Å²) >= 11 is 6.11. The molecule has 0 saturated heterocycles. The number of hydrogen-bond donors (Lipinski definition) is 2. The third kappa shape index (κ3) is 7.28. The zero-order chi connectivity index (χ0) is 20.7. The smallest absolute Gasteiger partial charge is 0.191 e. The predicted molar refractivity (Wildman–Crippen MR) is 134 cm³/mol. The predicted octanol–water partition coefficient (Wildman–Crippen LogP) is 4.47. The minimum absolute atomic E-state index is 0. The minimum Gasteiger partial charge on any atom is -0.356 e. The largest absolute Gasteiger partial charge is 0.356 e. The summed E-state index contributed by atoms with van der Waals surface area (Å²) < 4.78 is 1.74. The van der Waals surface area contributed by atoms with E-state index in [1.54, 1.807) is 24.1 Å². The molecule has 0 atom stereocenters. The van der Waals surface area contributed by atoms with Gasteiger partial charge in [0.05, 0.1) is 0 Å². The quantitative estimate of drug-likeness (QED) is 0.265. The summed E-state index contributed by atoms with van der Waals surface area (Å²) in [6, 6.07) is 13.9. The zero-order valence-corrected chi connectivity index (χ0v) is 20.6. The first-order chi connectivity index (χ1) is 13.9. The third-order valence-electron chi connectivity index (χ3n) is 4.54. The number of aliphatic imine (C=N–C) groups is 1. The van der Waals surface area contributed by atoms with Gasteiger partial charge in [-0.3, -0.25) is 4.99 Å². The van der Waals surface area contributed by atoms with Gasteiger partial charge in [-0.15, -0.1) is 24.0 Å². The summed E-state index contributed by atoms with van der Waals surface area (Å²) in [4.78, 5) is 8.70. The third-order valence-corrected chi connectivity index (χ3v) is 4.77. The number of hydrogen-bond acceptors (Lipinski definition) is 3. The van der Waals surface area contributed by atoms with Crippen LogP contribution in [0.1, 0.15) is 25.0 Å². The highest BCUT2D eigenvalue weighted by Crippen LogP contribution is 2.22. The number of rotatable bonds is 7. The average molecular weight is 539 g/mol. The second-order valence-electron chi connectivity index (χ2n) is 7.72. The van der Waals surface area contributed by atoms with E-state index in [0.717, 1.165) is 35.3 Å². The first kappa shape index (κ1) is 24.1. The number of nitrogens with zero attached hydrogens (tertiary/aromatic N) is 4. The van der Waals surface area contributed by atoms with E-state index in [1.807, 2.05) is 42.6 Å². The van der Waals surface area contributed by atoms with E-state index in [9.17, 15) is 0 Å². The normalized spacial score (nSPS) is 11.7. The molecular weight excluding hydrogens is 511 g/mol. The second kappa shape index (κ2) is 11.3. The molecule has 160 valence electrons. The van der Waals surface area contributed by atoms with Crippen molar-refractivity contribution in [3.05, 3.63) is 77.2 Å². The van der Waals surface area contributed by atoms with Crippen LogP contribution in [0.3, 0.4) is 0 Å². The van der Waals surface area contributed by atoms with Crippen molar-refractivity contribution >= 4 is 41.5 Å². The second-order valence-corrected chi connectivity index (χ2v) is 8.16. The van der Waals surface area contributed by atoms with Crippen LogP contribution in [-0.2, 0) is 13.0 Å². The van der Waals surface area contributed by atoms with Crippen LogP contribution in [0.25, 0.3) is 5.82 Å². The molecule has 0 bridgehead atoms.